The summed E-state index contributed by atoms with van der Waals surface area (Å²) in [4.78, 5) is 0. The van der Waals surface area contributed by atoms with Crippen molar-refractivity contribution < 1.29 is 9.47 Å². The molecule has 0 radical (unpaired) electrons. The molecule has 0 spiro atoms. The van der Waals surface area contributed by atoms with Crippen LogP contribution in [0.25, 0.3) is 0 Å². The van der Waals surface area contributed by atoms with E-state index in [2.05, 4.69) is 0 Å². The Hall–Kier alpha value is -2.49. The zero-order chi connectivity index (χ0) is 15.2. The van der Waals surface area contributed by atoms with Gasteiger partial charge in [-0.05, 0) is 43.2 Å². The molecule has 21 heavy (non-hydrogen) atoms. The quantitative estimate of drug-likeness (QED) is 0.632. The van der Waals surface area contributed by atoms with Crippen molar-refractivity contribution in [1.82, 2.24) is 0 Å². The first-order valence-corrected chi connectivity index (χ1v) is 6.90. The lowest BCUT2D eigenvalue weighted by molar-refractivity contribution is 0.269. The number of rotatable bonds is 6. The molecule has 0 saturated heterocycles. The van der Waals surface area contributed by atoms with Crippen molar-refractivity contribution in [3.63, 3.8) is 0 Å². The Morgan fingerprint density at radius 1 is 1.10 bits per heavy atom. The fourth-order valence-corrected chi connectivity index (χ4v) is 2.03. The highest BCUT2D eigenvalue weighted by molar-refractivity contribution is 5.95. The van der Waals surface area contributed by atoms with Gasteiger partial charge in [0.25, 0.3) is 0 Å². The molecular formula is C17H20N2O2. The van der Waals surface area contributed by atoms with Crippen LogP contribution in [0, 0.1) is 12.3 Å². The molecule has 110 valence electrons. The molecular weight excluding hydrogens is 264 g/mol. The molecule has 0 aliphatic rings. The highest BCUT2D eigenvalue weighted by atomic mass is 16.5. The van der Waals surface area contributed by atoms with Crippen LogP contribution in [-0.4, -0.2) is 12.4 Å². The molecule has 0 unspecified atom stereocenters. The van der Waals surface area contributed by atoms with Gasteiger partial charge in [-0.1, -0.05) is 24.3 Å². The van der Waals surface area contributed by atoms with E-state index in [0.29, 0.717) is 13.2 Å². The van der Waals surface area contributed by atoms with E-state index in [1.54, 1.807) is 0 Å². The van der Waals surface area contributed by atoms with Crippen LogP contribution >= 0.6 is 0 Å². The van der Waals surface area contributed by atoms with E-state index in [4.69, 9.17) is 20.6 Å². The van der Waals surface area contributed by atoms with Crippen molar-refractivity contribution in [3.8, 4) is 11.5 Å². The Morgan fingerprint density at radius 3 is 2.33 bits per heavy atom. The third-order valence-corrected chi connectivity index (χ3v) is 3.19. The van der Waals surface area contributed by atoms with Crippen molar-refractivity contribution in [3.05, 3.63) is 59.2 Å². The summed E-state index contributed by atoms with van der Waals surface area (Å²) in [6.45, 7) is 4.99. The van der Waals surface area contributed by atoms with Gasteiger partial charge in [0.2, 0.25) is 0 Å². The second kappa shape index (κ2) is 6.79. The minimum absolute atomic E-state index is 0.0762. The number of nitrogen functional groups attached to an aromatic ring is 1. The van der Waals surface area contributed by atoms with Gasteiger partial charge in [-0.2, -0.15) is 0 Å². The summed E-state index contributed by atoms with van der Waals surface area (Å²) in [6.07, 6.45) is 0. The Kier molecular flexibility index (Phi) is 4.82. The van der Waals surface area contributed by atoms with Crippen molar-refractivity contribution in [2.24, 2.45) is 5.73 Å². The van der Waals surface area contributed by atoms with Gasteiger partial charge in [0.15, 0.2) is 11.5 Å². The fourth-order valence-electron chi connectivity index (χ4n) is 2.03. The number of nitrogens with one attached hydrogen (secondary N) is 1. The molecule has 0 fully saturated rings. The van der Waals surface area contributed by atoms with E-state index in [-0.39, 0.29) is 5.84 Å². The molecule has 2 aromatic rings. The Balaban J connectivity index is 2.11. The van der Waals surface area contributed by atoms with Crippen LogP contribution in [0.3, 0.4) is 0 Å². The van der Waals surface area contributed by atoms with Gasteiger partial charge in [-0.25, -0.2) is 0 Å². The van der Waals surface area contributed by atoms with Crippen LogP contribution in [-0.2, 0) is 6.61 Å². The molecule has 0 atom stereocenters. The van der Waals surface area contributed by atoms with E-state index in [9.17, 15) is 0 Å². The summed E-state index contributed by atoms with van der Waals surface area (Å²) >= 11 is 0. The van der Waals surface area contributed by atoms with E-state index >= 15 is 0 Å². The van der Waals surface area contributed by atoms with Crippen LogP contribution in [0.4, 0.5) is 0 Å². The number of hydrogen-bond acceptors (Lipinski definition) is 3. The number of ether oxygens (including phenoxy) is 2. The van der Waals surface area contributed by atoms with Gasteiger partial charge in [0.05, 0.1) is 6.61 Å². The minimum atomic E-state index is 0.0762. The second-order valence-electron chi connectivity index (χ2n) is 4.72. The van der Waals surface area contributed by atoms with Crippen LogP contribution in [0.2, 0.25) is 0 Å². The molecule has 2 aromatic carbocycles. The number of hydrogen-bond donors (Lipinski definition) is 2. The van der Waals surface area contributed by atoms with E-state index in [0.717, 1.165) is 28.2 Å². The van der Waals surface area contributed by atoms with Crippen molar-refractivity contribution in [2.75, 3.05) is 6.61 Å². The molecule has 2 rings (SSSR count). The number of amidine groups is 1. The standard InChI is InChI=1S/C17H20N2O2/c1-3-20-15-6-4-5-7-16(15)21-11-14-9-8-13(17(18)19)10-12(14)2/h4-10H,3,11H2,1-2H3,(H3,18,19). The number of benzene rings is 2. The SMILES string of the molecule is CCOc1ccccc1OCc1ccc(C(=N)N)cc1C. The van der Waals surface area contributed by atoms with Crippen molar-refractivity contribution >= 4 is 5.84 Å². The minimum Gasteiger partial charge on any atom is -0.490 e. The largest absolute Gasteiger partial charge is 0.490 e. The second-order valence-corrected chi connectivity index (χ2v) is 4.72. The zero-order valence-corrected chi connectivity index (χ0v) is 12.3. The zero-order valence-electron chi connectivity index (χ0n) is 12.3. The van der Waals surface area contributed by atoms with Crippen LogP contribution in [0.5, 0.6) is 11.5 Å². The maximum atomic E-state index is 7.44. The highest BCUT2D eigenvalue weighted by Gasteiger charge is 2.06. The molecule has 3 N–H and O–H groups in total. The Labute approximate surface area is 125 Å². The van der Waals surface area contributed by atoms with Crippen molar-refractivity contribution in [2.45, 2.75) is 20.5 Å². The van der Waals surface area contributed by atoms with E-state index in [1.807, 2.05) is 56.3 Å². The van der Waals surface area contributed by atoms with Crippen LogP contribution in [0.15, 0.2) is 42.5 Å². The molecule has 0 bridgehead atoms. The topological polar surface area (TPSA) is 68.3 Å². The first kappa shape index (κ1) is 14.9. The maximum absolute atomic E-state index is 7.44. The fraction of sp³-hybridized carbons (Fsp3) is 0.235. The van der Waals surface area contributed by atoms with Gasteiger partial charge in [0, 0.05) is 5.56 Å². The first-order chi connectivity index (χ1) is 10.1. The third-order valence-electron chi connectivity index (χ3n) is 3.19. The average Bonchev–Trinajstić information content (AvgIpc) is 2.47. The predicted octanol–water partition coefficient (Wildman–Crippen LogP) is 3.26. The summed E-state index contributed by atoms with van der Waals surface area (Å²) in [6, 6.07) is 13.3. The molecule has 0 amide bonds. The number of para-hydroxylation sites is 2. The first-order valence-electron chi connectivity index (χ1n) is 6.90. The third kappa shape index (κ3) is 3.75. The Bertz CT molecular complexity index is 638. The summed E-state index contributed by atoms with van der Waals surface area (Å²) in [5, 5.41) is 7.44. The van der Waals surface area contributed by atoms with Gasteiger partial charge in [-0.15, -0.1) is 0 Å². The monoisotopic (exact) mass is 284 g/mol. The number of nitrogens with two attached hydrogens (primary N) is 1. The molecule has 0 saturated carbocycles. The lowest BCUT2D eigenvalue weighted by Crippen LogP contribution is -2.11. The van der Waals surface area contributed by atoms with Crippen LogP contribution < -0.4 is 15.2 Å². The normalized spacial score (nSPS) is 10.2. The van der Waals surface area contributed by atoms with Gasteiger partial charge >= 0.3 is 0 Å². The van der Waals surface area contributed by atoms with E-state index in [1.165, 1.54) is 0 Å². The van der Waals surface area contributed by atoms with Gasteiger partial charge in [0.1, 0.15) is 12.4 Å². The smallest absolute Gasteiger partial charge is 0.161 e. The highest BCUT2D eigenvalue weighted by Crippen LogP contribution is 2.27. The van der Waals surface area contributed by atoms with Crippen LogP contribution in [0.1, 0.15) is 23.6 Å². The van der Waals surface area contributed by atoms with Gasteiger partial charge < -0.3 is 15.2 Å². The lowest BCUT2D eigenvalue weighted by atomic mass is 10.1. The maximum Gasteiger partial charge on any atom is 0.161 e. The van der Waals surface area contributed by atoms with Crippen molar-refractivity contribution in [1.29, 1.82) is 5.41 Å². The number of aryl methyl sites for hydroxylation is 1. The molecule has 4 nitrogen and oxygen atoms in total. The summed E-state index contributed by atoms with van der Waals surface area (Å²) in [7, 11) is 0. The molecule has 0 heterocycles. The van der Waals surface area contributed by atoms with E-state index < -0.39 is 0 Å². The summed E-state index contributed by atoms with van der Waals surface area (Å²) in [5.74, 6) is 1.56. The molecule has 0 aliphatic heterocycles. The molecule has 0 aromatic heterocycles. The molecule has 4 heteroatoms. The summed E-state index contributed by atoms with van der Waals surface area (Å²) < 4.78 is 11.4. The van der Waals surface area contributed by atoms with Gasteiger partial charge in [-0.3, -0.25) is 5.41 Å². The Morgan fingerprint density at radius 2 is 1.76 bits per heavy atom. The average molecular weight is 284 g/mol. The predicted molar refractivity (Wildman–Crippen MR) is 84.1 cm³/mol. The molecule has 0 aliphatic carbocycles. The lowest BCUT2D eigenvalue weighted by Gasteiger charge is -2.13. The summed E-state index contributed by atoms with van der Waals surface area (Å²) in [5.41, 5.74) is 8.33.